The minimum absolute atomic E-state index is 0.0481. The summed E-state index contributed by atoms with van der Waals surface area (Å²) >= 11 is 0. The molecule has 0 unspecified atom stereocenters. The van der Waals surface area contributed by atoms with Crippen LogP contribution in [0.15, 0.2) is 53.6 Å². The number of amides is 2. The van der Waals surface area contributed by atoms with Crippen LogP contribution < -0.4 is 10.7 Å². The normalized spacial score (nSPS) is 10.9. The van der Waals surface area contributed by atoms with Gasteiger partial charge in [-0.2, -0.15) is 5.10 Å². The minimum atomic E-state index is -0.492. The van der Waals surface area contributed by atoms with E-state index in [1.54, 1.807) is 50.2 Å². The predicted molar refractivity (Wildman–Crippen MR) is 98.1 cm³/mol. The molecule has 0 aliphatic heterocycles. The molecule has 2 N–H and O–H groups in total. The molecule has 0 heterocycles. The lowest BCUT2D eigenvalue weighted by molar-refractivity contribution is -0.384. The Balaban J connectivity index is 2.05. The molecule has 0 aromatic heterocycles. The summed E-state index contributed by atoms with van der Waals surface area (Å²) in [5.74, 6) is -0.539. The molecule has 26 heavy (non-hydrogen) atoms. The molecule has 0 saturated heterocycles. The van der Waals surface area contributed by atoms with Crippen LogP contribution in [0.5, 0.6) is 0 Å². The second-order valence-electron chi connectivity index (χ2n) is 5.42. The Hall–Kier alpha value is -3.55. The molecule has 2 aromatic rings. The molecule has 0 fully saturated rings. The second-order valence-corrected chi connectivity index (χ2v) is 5.42. The molecule has 0 atom stereocenters. The second kappa shape index (κ2) is 8.52. The van der Waals surface area contributed by atoms with Gasteiger partial charge < -0.3 is 5.32 Å². The van der Waals surface area contributed by atoms with Gasteiger partial charge in [-0.15, -0.1) is 0 Å². The van der Waals surface area contributed by atoms with Crippen molar-refractivity contribution in [3.8, 4) is 0 Å². The van der Waals surface area contributed by atoms with Crippen molar-refractivity contribution in [2.24, 2.45) is 5.10 Å². The highest BCUT2D eigenvalue weighted by atomic mass is 16.6. The minimum Gasteiger partial charge on any atom is -0.326 e. The zero-order valence-electron chi connectivity index (χ0n) is 14.4. The summed E-state index contributed by atoms with van der Waals surface area (Å²) in [6.45, 7) is 3.39. The van der Waals surface area contributed by atoms with E-state index in [1.165, 1.54) is 12.1 Å². The van der Waals surface area contributed by atoms with Gasteiger partial charge in [-0.1, -0.05) is 19.1 Å². The standard InChI is InChI=1S/C18H18N4O4/c1-3-17(23)19-15-9-7-13(8-10-15)18(24)21-20-12(2)14-5-4-6-16(11-14)22(25)26/h4-11H,3H2,1-2H3,(H,19,23)(H,21,24)/b20-12-. The van der Waals surface area contributed by atoms with Crippen LogP contribution >= 0.6 is 0 Å². The molecular formula is C18H18N4O4. The monoisotopic (exact) mass is 354 g/mol. The maximum absolute atomic E-state index is 12.1. The van der Waals surface area contributed by atoms with Gasteiger partial charge in [0.1, 0.15) is 0 Å². The van der Waals surface area contributed by atoms with Crippen LogP contribution in [0.3, 0.4) is 0 Å². The Bertz CT molecular complexity index is 860. The maximum atomic E-state index is 12.1. The Morgan fingerprint density at radius 3 is 2.42 bits per heavy atom. The van der Waals surface area contributed by atoms with Crippen LogP contribution in [-0.4, -0.2) is 22.4 Å². The first-order valence-corrected chi connectivity index (χ1v) is 7.90. The topological polar surface area (TPSA) is 114 Å². The average molecular weight is 354 g/mol. The van der Waals surface area contributed by atoms with Crippen molar-refractivity contribution in [3.05, 3.63) is 69.8 Å². The maximum Gasteiger partial charge on any atom is 0.271 e. The van der Waals surface area contributed by atoms with Crippen LogP contribution in [-0.2, 0) is 4.79 Å². The van der Waals surface area contributed by atoms with Crippen LogP contribution in [0, 0.1) is 10.1 Å². The van der Waals surface area contributed by atoms with Gasteiger partial charge in [0, 0.05) is 35.4 Å². The Morgan fingerprint density at radius 1 is 1.12 bits per heavy atom. The third kappa shape index (κ3) is 4.97. The van der Waals surface area contributed by atoms with E-state index in [9.17, 15) is 19.7 Å². The molecule has 8 heteroatoms. The molecule has 0 saturated carbocycles. The summed E-state index contributed by atoms with van der Waals surface area (Å²) in [5.41, 5.74) is 4.31. The summed E-state index contributed by atoms with van der Waals surface area (Å²) in [6, 6.07) is 12.4. The summed E-state index contributed by atoms with van der Waals surface area (Å²) in [5, 5.41) is 17.5. The molecule has 2 amide bonds. The zero-order chi connectivity index (χ0) is 19.1. The van der Waals surface area contributed by atoms with Gasteiger partial charge in [0.15, 0.2) is 0 Å². The fraction of sp³-hybridized carbons (Fsp3) is 0.167. The van der Waals surface area contributed by atoms with Gasteiger partial charge in [-0.25, -0.2) is 5.43 Å². The highest BCUT2D eigenvalue weighted by Crippen LogP contribution is 2.14. The van der Waals surface area contributed by atoms with E-state index in [1.807, 2.05) is 0 Å². The van der Waals surface area contributed by atoms with Crippen molar-refractivity contribution in [3.63, 3.8) is 0 Å². The van der Waals surface area contributed by atoms with E-state index >= 15 is 0 Å². The highest BCUT2D eigenvalue weighted by Gasteiger charge is 2.09. The molecule has 0 aliphatic carbocycles. The number of nitrogens with zero attached hydrogens (tertiary/aromatic N) is 2. The van der Waals surface area contributed by atoms with E-state index in [0.717, 1.165) is 0 Å². The zero-order valence-corrected chi connectivity index (χ0v) is 14.4. The Morgan fingerprint density at radius 2 is 1.81 bits per heavy atom. The molecule has 2 rings (SSSR count). The van der Waals surface area contributed by atoms with E-state index in [0.29, 0.717) is 28.9 Å². The first-order chi connectivity index (χ1) is 12.4. The number of non-ortho nitro benzene ring substituents is 1. The molecule has 2 aromatic carbocycles. The lowest BCUT2D eigenvalue weighted by Crippen LogP contribution is -2.19. The fourth-order valence-electron chi connectivity index (χ4n) is 2.06. The van der Waals surface area contributed by atoms with Crippen molar-refractivity contribution in [1.82, 2.24) is 5.43 Å². The number of hydrazone groups is 1. The number of rotatable bonds is 6. The Labute approximate surface area is 150 Å². The van der Waals surface area contributed by atoms with E-state index < -0.39 is 10.8 Å². The van der Waals surface area contributed by atoms with Gasteiger partial charge in [0.2, 0.25) is 5.91 Å². The van der Waals surface area contributed by atoms with Gasteiger partial charge in [-0.3, -0.25) is 19.7 Å². The number of anilines is 1. The third-order valence-electron chi connectivity index (χ3n) is 3.55. The molecule has 0 spiro atoms. The van der Waals surface area contributed by atoms with E-state index in [2.05, 4.69) is 15.8 Å². The summed E-state index contributed by atoms with van der Waals surface area (Å²) in [7, 11) is 0. The number of nitrogens with one attached hydrogen (secondary N) is 2. The number of carbonyl (C=O) groups is 2. The van der Waals surface area contributed by atoms with Crippen LogP contribution in [0.2, 0.25) is 0 Å². The number of nitro groups is 1. The van der Waals surface area contributed by atoms with Gasteiger partial charge in [-0.05, 0) is 31.2 Å². The van der Waals surface area contributed by atoms with Gasteiger partial charge in [0.05, 0.1) is 10.6 Å². The largest absolute Gasteiger partial charge is 0.326 e. The van der Waals surface area contributed by atoms with Crippen LogP contribution in [0.25, 0.3) is 0 Å². The van der Waals surface area contributed by atoms with Crippen LogP contribution in [0.1, 0.15) is 36.2 Å². The highest BCUT2D eigenvalue weighted by molar-refractivity contribution is 6.01. The van der Waals surface area contributed by atoms with Crippen molar-refractivity contribution in [2.75, 3.05) is 5.32 Å². The molecule has 0 bridgehead atoms. The van der Waals surface area contributed by atoms with E-state index in [-0.39, 0.29) is 11.6 Å². The lowest BCUT2D eigenvalue weighted by Gasteiger charge is -2.06. The molecule has 0 aliphatic rings. The number of hydrogen-bond donors (Lipinski definition) is 2. The summed E-state index contributed by atoms with van der Waals surface area (Å²) in [4.78, 5) is 33.8. The van der Waals surface area contributed by atoms with E-state index in [4.69, 9.17) is 0 Å². The Kier molecular flexibility index (Phi) is 6.15. The number of nitro benzene ring substituents is 1. The predicted octanol–water partition coefficient (Wildman–Crippen LogP) is 3.10. The van der Waals surface area contributed by atoms with Crippen molar-refractivity contribution in [2.45, 2.75) is 20.3 Å². The average Bonchev–Trinajstić information content (AvgIpc) is 2.66. The number of carbonyl (C=O) groups excluding carboxylic acids is 2. The molecule has 134 valence electrons. The molecule has 0 radical (unpaired) electrons. The quantitative estimate of drug-likeness (QED) is 0.471. The molecular weight excluding hydrogens is 336 g/mol. The summed E-state index contributed by atoms with van der Waals surface area (Å²) in [6.07, 6.45) is 0.369. The lowest BCUT2D eigenvalue weighted by atomic mass is 10.1. The van der Waals surface area contributed by atoms with Crippen molar-refractivity contribution in [1.29, 1.82) is 0 Å². The first kappa shape index (κ1) is 18.8. The van der Waals surface area contributed by atoms with Gasteiger partial charge >= 0.3 is 0 Å². The fourth-order valence-corrected chi connectivity index (χ4v) is 2.06. The summed E-state index contributed by atoms with van der Waals surface area (Å²) < 4.78 is 0. The molecule has 8 nitrogen and oxygen atoms in total. The number of hydrogen-bond acceptors (Lipinski definition) is 5. The first-order valence-electron chi connectivity index (χ1n) is 7.90. The third-order valence-corrected chi connectivity index (χ3v) is 3.55. The van der Waals surface area contributed by atoms with Gasteiger partial charge in [0.25, 0.3) is 11.6 Å². The van der Waals surface area contributed by atoms with Crippen molar-refractivity contribution >= 4 is 28.9 Å². The smallest absolute Gasteiger partial charge is 0.271 e. The SMILES string of the molecule is CCC(=O)Nc1ccc(C(=O)N/N=C(/C)c2cccc([N+](=O)[O-])c2)cc1. The van der Waals surface area contributed by atoms with Crippen LogP contribution in [0.4, 0.5) is 11.4 Å². The van der Waals surface area contributed by atoms with Crippen molar-refractivity contribution < 1.29 is 14.5 Å². The number of benzene rings is 2.